The number of pyridine rings is 1. The highest BCUT2D eigenvalue weighted by Gasteiger charge is 2.29. The van der Waals surface area contributed by atoms with Gasteiger partial charge in [0, 0.05) is 10.9 Å². The Morgan fingerprint density at radius 1 is 1.00 bits per heavy atom. The lowest BCUT2D eigenvalue weighted by Gasteiger charge is -2.23. The zero-order chi connectivity index (χ0) is 21.8. The number of benzene rings is 2. The monoisotopic (exact) mass is 427 g/mol. The van der Waals surface area contributed by atoms with Crippen LogP contribution in [0.15, 0.2) is 82.7 Å². The molecule has 0 radical (unpaired) electrons. The summed E-state index contributed by atoms with van der Waals surface area (Å²) in [5, 5.41) is 9.73. The Balaban J connectivity index is 1.21. The Morgan fingerprint density at radius 3 is 2.62 bits per heavy atom. The topological polar surface area (TPSA) is 72.7 Å². The van der Waals surface area contributed by atoms with Crippen molar-refractivity contribution in [3.05, 3.63) is 78.0 Å². The van der Waals surface area contributed by atoms with Crippen molar-refractivity contribution >= 4 is 22.5 Å². The van der Waals surface area contributed by atoms with Gasteiger partial charge < -0.3 is 9.57 Å². The Bertz CT molecular complexity index is 1190. The summed E-state index contributed by atoms with van der Waals surface area (Å²) in [6.45, 7) is 0.499. The normalized spacial score (nSPS) is 18.3. The third-order valence-electron chi connectivity index (χ3n) is 6.14. The Kier molecular flexibility index (Phi) is 5.94. The second-order valence-corrected chi connectivity index (χ2v) is 8.19. The first-order chi connectivity index (χ1) is 15.8. The molecule has 1 fully saturated rings. The molecule has 1 aliphatic carbocycles. The molecule has 2 aromatic carbocycles. The molecule has 6 heteroatoms. The highest BCUT2D eigenvalue weighted by atomic mass is 16.6. The van der Waals surface area contributed by atoms with Gasteiger partial charge in [0.05, 0.1) is 22.5 Å². The van der Waals surface area contributed by atoms with Gasteiger partial charge in [0.25, 0.3) is 5.90 Å². The number of aromatic nitrogens is 1. The van der Waals surface area contributed by atoms with Crippen LogP contribution in [0, 0.1) is 5.92 Å². The number of quaternary nitrogens is 1. The summed E-state index contributed by atoms with van der Waals surface area (Å²) in [5.74, 6) is 1.21. The van der Waals surface area contributed by atoms with Crippen molar-refractivity contribution in [2.45, 2.75) is 32.3 Å². The number of hydrogen-bond donors (Lipinski definition) is 1. The molecule has 0 spiro atoms. The molecule has 0 saturated heterocycles. The first-order valence-electron chi connectivity index (χ1n) is 11.1. The Labute approximate surface area is 187 Å². The maximum Gasteiger partial charge on any atom is 0.276 e. The molecule has 0 amide bonds. The van der Waals surface area contributed by atoms with Gasteiger partial charge in [-0.1, -0.05) is 53.7 Å². The molecule has 32 heavy (non-hydrogen) atoms. The van der Waals surface area contributed by atoms with Gasteiger partial charge in [0.2, 0.25) is 0 Å². The van der Waals surface area contributed by atoms with Crippen LogP contribution in [-0.2, 0) is 16.2 Å². The largest absolute Gasteiger partial charge is 0.469 e. The first-order valence-corrected chi connectivity index (χ1v) is 11.1. The van der Waals surface area contributed by atoms with E-state index >= 15 is 0 Å². The summed E-state index contributed by atoms with van der Waals surface area (Å²) in [6.07, 6.45) is 6.13. The van der Waals surface area contributed by atoms with Crippen LogP contribution in [0.4, 0.5) is 0 Å². The molecule has 1 aliphatic heterocycles. The van der Waals surface area contributed by atoms with Gasteiger partial charge in [-0.05, 0) is 54.4 Å². The fraction of sp³-hybridized carbons (Fsp3) is 0.269. The predicted molar refractivity (Wildman–Crippen MR) is 126 cm³/mol. The van der Waals surface area contributed by atoms with Crippen LogP contribution in [0.1, 0.15) is 31.2 Å². The molecule has 3 aromatic rings. The summed E-state index contributed by atoms with van der Waals surface area (Å²) in [6, 6.07) is 20.8. The lowest BCUT2D eigenvalue weighted by atomic mass is 9.83. The minimum atomic E-state index is 0.463. The minimum Gasteiger partial charge on any atom is -0.469 e. The molecule has 1 saturated carbocycles. The van der Waals surface area contributed by atoms with Crippen LogP contribution in [0.25, 0.3) is 22.2 Å². The van der Waals surface area contributed by atoms with Crippen LogP contribution < -0.4 is 5.43 Å². The summed E-state index contributed by atoms with van der Waals surface area (Å²) in [4.78, 5) is 9.71. The van der Waals surface area contributed by atoms with Crippen LogP contribution in [0.2, 0.25) is 0 Å². The van der Waals surface area contributed by atoms with E-state index in [0.717, 1.165) is 65.0 Å². The van der Waals surface area contributed by atoms with Gasteiger partial charge in [-0.25, -0.2) is 4.98 Å². The molecule has 0 unspecified atom stereocenters. The number of oxime groups is 1. The van der Waals surface area contributed by atoms with E-state index in [0.29, 0.717) is 12.5 Å². The molecule has 2 aliphatic rings. The molecule has 6 nitrogen and oxygen atoms in total. The minimum absolute atomic E-state index is 0.463. The van der Waals surface area contributed by atoms with E-state index in [1.165, 1.54) is 5.57 Å². The van der Waals surface area contributed by atoms with Gasteiger partial charge in [-0.15, -0.1) is 0 Å². The zero-order valence-electron chi connectivity index (χ0n) is 18.2. The Hall–Kier alpha value is -3.51. The van der Waals surface area contributed by atoms with Crippen LogP contribution in [0.5, 0.6) is 0 Å². The van der Waals surface area contributed by atoms with Crippen LogP contribution >= 0.6 is 0 Å². The highest BCUT2D eigenvalue weighted by molar-refractivity contribution is 5.94. The van der Waals surface area contributed by atoms with Crippen LogP contribution in [0.3, 0.4) is 0 Å². The van der Waals surface area contributed by atoms with Crippen molar-refractivity contribution in [2.75, 3.05) is 7.11 Å². The van der Waals surface area contributed by atoms with Crippen molar-refractivity contribution in [1.29, 1.82) is 0 Å². The second kappa shape index (κ2) is 9.32. The maximum atomic E-state index is 6.11. The number of ether oxygens (including phenoxy) is 1. The smallest absolute Gasteiger partial charge is 0.276 e. The van der Waals surface area contributed by atoms with E-state index in [-0.39, 0.29) is 0 Å². The van der Waals surface area contributed by atoms with Gasteiger partial charge in [0.15, 0.2) is 0 Å². The van der Waals surface area contributed by atoms with Gasteiger partial charge in [-0.3, -0.25) is 0 Å². The first kappa shape index (κ1) is 20.4. The average molecular weight is 428 g/mol. The molecule has 5 rings (SSSR count). The maximum absolute atomic E-state index is 6.11. The molecule has 2 N–H and O–H groups in total. The number of fused-ring (bicyclic) bond motifs is 1. The highest BCUT2D eigenvalue weighted by Crippen LogP contribution is 2.30. The number of para-hydroxylation sites is 1. The lowest BCUT2D eigenvalue weighted by molar-refractivity contribution is -0.591. The summed E-state index contributed by atoms with van der Waals surface area (Å²) in [5.41, 5.74) is 8.40. The van der Waals surface area contributed by atoms with Crippen molar-refractivity contribution in [3.8, 4) is 11.3 Å². The molecular formula is C26H27N4O2+. The molecule has 0 atom stereocenters. The summed E-state index contributed by atoms with van der Waals surface area (Å²) < 4.78 is 6.11. The fourth-order valence-corrected chi connectivity index (χ4v) is 4.40. The quantitative estimate of drug-likeness (QED) is 0.485. The number of nitrogens with zero attached hydrogens (tertiary/aromatic N) is 3. The van der Waals surface area contributed by atoms with E-state index in [4.69, 9.17) is 14.6 Å². The van der Waals surface area contributed by atoms with Crippen LogP contribution in [-0.4, -0.2) is 23.7 Å². The van der Waals surface area contributed by atoms with E-state index in [2.05, 4.69) is 58.9 Å². The van der Waals surface area contributed by atoms with E-state index < -0.39 is 0 Å². The molecule has 0 bridgehead atoms. The summed E-state index contributed by atoms with van der Waals surface area (Å²) >= 11 is 0. The van der Waals surface area contributed by atoms with Gasteiger partial charge >= 0.3 is 0 Å². The van der Waals surface area contributed by atoms with E-state index in [9.17, 15) is 0 Å². The lowest BCUT2D eigenvalue weighted by Crippen LogP contribution is -2.69. The molecule has 1 aromatic heterocycles. The van der Waals surface area contributed by atoms with Crippen molar-refractivity contribution < 1.29 is 15.0 Å². The van der Waals surface area contributed by atoms with Crippen molar-refractivity contribution in [3.63, 3.8) is 0 Å². The average Bonchev–Trinajstić information content (AvgIpc) is 3.32. The van der Waals surface area contributed by atoms with Gasteiger partial charge in [-0.2, -0.15) is 5.43 Å². The second-order valence-electron chi connectivity index (χ2n) is 8.19. The van der Waals surface area contributed by atoms with Crippen molar-refractivity contribution in [1.82, 2.24) is 4.98 Å². The SMILES string of the molecule is CON=C1CCC(C2=C[NH2+]N=C2OCc2ccc(-c3ccc4ccccc4n3)cc2)CC1. The Morgan fingerprint density at radius 2 is 1.81 bits per heavy atom. The number of nitrogens with two attached hydrogens (primary N) is 1. The standard InChI is InChI=1S/C26H26N4O2/c1-31-30-22-13-10-19(11-14-22)23-16-27-29-26(23)32-17-18-6-8-21(9-7-18)25-15-12-20-4-2-3-5-24(20)28-25/h2-9,12,15-16,19H,10-11,13-14,17H2,1H3,(H,27,29)/p+1. The third-order valence-corrected chi connectivity index (χ3v) is 6.14. The summed E-state index contributed by atoms with van der Waals surface area (Å²) in [7, 11) is 1.61. The van der Waals surface area contributed by atoms with E-state index in [1.807, 2.05) is 23.6 Å². The van der Waals surface area contributed by atoms with Gasteiger partial charge in [0.1, 0.15) is 19.9 Å². The fourth-order valence-electron chi connectivity index (χ4n) is 4.40. The number of rotatable bonds is 5. The molecule has 162 valence electrons. The molecular weight excluding hydrogens is 400 g/mol. The van der Waals surface area contributed by atoms with Crippen molar-refractivity contribution in [2.24, 2.45) is 16.2 Å². The van der Waals surface area contributed by atoms with E-state index in [1.54, 1.807) is 7.11 Å². The predicted octanol–water partition coefficient (Wildman–Crippen LogP) is 4.39. The third kappa shape index (κ3) is 4.41. The number of hydrogen-bond acceptors (Lipinski definition) is 5. The zero-order valence-corrected chi connectivity index (χ0v) is 18.2. The molecule has 2 heterocycles.